The lowest BCUT2D eigenvalue weighted by atomic mass is 9.99. The van der Waals surface area contributed by atoms with E-state index in [1.165, 1.54) is 0 Å². The quantitative estimate of drug-likeness (QED) is 0.898. The summed E-state index contributed by atoms with van der Waals surface area (Å²) in [6.07, 6.45) is 0.604. The van der Waals surface area contributed by atoms with Crippen LogP contribution in [0.15, 0.2) is 22.7 Å². The van der Waals surface area contributed by atoms with Crippen LogP contribution in [-0.4, -0.2) is 24.7 Å². The fourth-order valence-corrected chi connectivity index (χ4v) is 2.47. The van der Waals surface area contributed by atoms with Crippen molar-refractivity contribution in [2.45, 2.75) is 12.5 Å². The lowest BCUT2D eigenvalue weighted by Crippen LogP contribution is -2.17. The molecule has 4 nitrogen and oxygen atoms in total. The predicted molar refractivity (Wildman–Crippen MR) is 67.2 cm³/mol. The predicted octanol–water partition coefficient (Wildman–Crippen LogP) is 2.19. The van der Waals surface area contributed by atoms with Crippen LogP contribution < -0.4 is 10.1 Å². The topological polar surface area (TPSA) is 58.6 Å². The van der Waals surface area contributed by atoms with Gasteiger partial charge in [0, 0.05) is 22.6 Å². The largest absolute Gasteiger partial charge is 0.496 e. The van der Waals surface area contributed by atoms with Gasteiger partial charge < -0.3 is 15.2 Å². The Hall–Kier alpha value is -1.07. The number of carboxylic acid groups (broad SMARTS) is 1. The van der Waals surface area contributed by atoms with Crippen molar-refractivity contribution in [2.75, 3.05) is 13.7 Å². The van der Waals surface area contributed by atoms with Gasteiger partial charge in [0.05, 0.1) is 13.0 Å². The van der Waals surface area contributed by atoms with Crippen LogP contribution in [0.4, 0.5) is 0 Å². The lowest BCUT2D eigenvalue weighted by Gasteiger charge is -2.15. The molecule has 1 aromatic carbocycles. The van der Waals surface area contributed by atoms with Crippen molar-refractivity contribution in [1.29, 1.82) is 0 Å². The Kier molecular flexibility index (Phi) is 3.69. The zero-order valence-electron chi connectivity index (χ0n) is 9.44. The first-order chi connectivity index (χ1) is 8.11. The molecular formula is C12H14BrNO3. The molecular weight excluding hydrogens is 286 g/mol. The molecule has 0 saturated carbocycles. The van der Waals surface area contributed by atoms with E-state index in [0.717, 1.165) is 15.8 Å². The lowest BCUT2D eigenvalue weighted by molar-refractivity contribution is -0.141. The molecule has 2 atom stereocenters. The van der Waals surface area contributed by atoms with Crippen LogP contribution in [0.25, 0.3) is 0 Å². The number of carbonyl (C=O) groups is 1. The van der Waals surface area contributed by atoms with Crippen molar-refractivity contribution in [2.24, 2.45) is 5.92 Å². The molecule has 0 radical (unpaired) electrons. The van der Waals surface area contributed by atoms with Gasteiger partial charge in [-0.25, -0.2) is 0 Å². The minimum Gasteiger partial charge on any atom is -0.496 e. The minimum atomic E-state index is -0.740. The second-order valence-corrected chi connectivity index (χ2v) is 5.03. The number of nitrogens with one attached hydrogen (secondary N) is 1. The molecule has 2 rings (SSSR count). The highest BCUT2D eigenvalue weighted by atomic mass is 79.9. The SMILES string of the molecule is COc1cc(Br)ccc1C1CC(C(=O)O)CN1. The van der Waals surface area contributed by atoms with E-state index in [1.54, 1.807) is 7.11 Å². The van der Waals surface area contributed by atoms with E-state index in [2.05, 4.69) is 21.2 Å². The van der Waals surface area contributed by atoms with Gasteiger partial charge in [0.1, 0.15) is 5.75 Å². The Morgan fingerprint density at radius 2 is 2.35 bits per heavy atom. The van der Waals surface area contributed by atoms with Gasteiger partial charge in [0.25, 0.3) is 0 Å². The van der Waals surface area contributed by atoms with Crippen molar-refractivity contribution in [1.82, 2.24) is 5.32 Å². The molecule has 1 aliphatic heterocycles. The number of hydrogen-bond acceptors (Lipinski definition) is 3. The molecule has 0 aromatic heterocycles. The third-order valence-corrected chi connectivity index (χ3v) is 3.54. The van der Waals surface area contributed by atoms with Gasteiger partial charge in [-0.3, -0.25) is 4.79 Å². The monoisotopic (exact) mass is 299 g/mol. The molecule has 2 N–H and O–H groups in total. The number of methoxy groups -OCH3 is 1. The summed E-state index contributed by atoms with van der Waals surface area (Å²) in [6.45, 7) is 0.513. The number of halogens is 1. The normalized spacial score (nSPS) is 23.6. The molecule has 1 aliphatic rings. The third kappa shape index (κ3) is 2.61. The highest BCUT2D eigenvalue weighted by molar-refractivity contribution is 9.10. The summed E-state index contributed by atoms with van der Waals surface area (Å²) >= 11 is 3.39. The summed E-state index contributed by atoms with van der Waals surface area (Å²) in [5.74, 6) is -0.271. The summed E-state index contributed by atoms with van der Waals surface area (Å²) in [4.78, 5) is 10.9. The van der Waals surface area contributed by atoms with E-state index >= 15 is 0 Å². The van der Waals surface area contributed by atoms with Crippen molar-refractivity contribution in [3.8, 4) is 5.75 Å². The van der Waals surface area contributed by atoms with Crippen molar-refractivity contribution < 1.29 is 14.6 Å². The van der Waals surface area contributed by atoms with Crippen molar-refractivity contribution in [3.63, 3.8) is 0 Å². The molecule has 5 heteroatoms. The van der Waals surface area contributed by atoms with Gasteiger partial charge in [-0.1, -0.05) is 22.0 Å². The van der Waals surface area contributed by atoms with Gasteiger partial charge in [-0.05, 0) is 18.6 Å². The number of aliphatic carboxylic acids is 1. The summed E-state index contributed by atoms with van der Waals surface area (Å²) in [5.41, 5.74) is 1.01. The van der Waals surface area contributed by atoms with E-state index in [1.807, 2.05) is 18.2 Å². The summed E-state index contributed by atoms with van der Waals surface area (Å²) in [6, 6.07) is 5.85. The average Bonchev–Trinajstić information content (AvgIpc) is 2.78. The molecule has 1 saturated heterocycles. The van der Waals surface area contributed by atoms with Crippen LogP contribution in [0.3, 0.4) is 0 Å². The highest BCUT2D eigenvalue weighted by Gasteiger charge is 2.31. The Morgan fingerprint density at radius 3 is 2.94 bits per heavy atom. The fourth-order valence-electron chi connectivity index (χ4n) is 2.13. The summed E-state index contributed by atoms with van der Waals surface area (Å²) < 4.78 is 6.27. The molecule has 0 amide bonds. The Morgan fingerprint density at radius 1 is 1.59 bits per heavy atom. The molecule has 17 heavy (non-hydrogen) atoms. The highest BCUT2D eigenvalue weighted by Crippen LogP contribution is 2.34. The van der Waals surface area contributed by atoms with Crippen molar-refractivity contribution in [3.05, 3.63) is 28.2 Å². The maximum atomic E-state index is 10.9. The molecule has 1 heterocycles. The van der Waals surface area contributed by atoms with E-state index in [4.69, 9.17) is 9.84 Å². The Labute approximate surface area is 108 Å². The van der Waals surface area contributed by atoms with Crippen LogP contribution in [0.2, 0.25) is 0 Å². The average molecular weight is 300 g/mol. The maximum absolute atomic E-state index is 10.9. The van der Waals surface area contributed by atoms with E-state index < -0.39 is 5.97 Å². The van der Waals surface area contributed by atoms with Gasteiger partial charge in [-0.15, -0.1) is 0 Å². The second-order valence-electron chi connectivity index (χ2n) is 4.12. The maximum Gasteiger partial charge on any atom is 0.307 e. The smallest absolute Gasteiger partial charge is 0.307 e. The molecule has 1 fully saturated rings. The van der Waals surface area contributed by atoms with E-state index in [9.17, 15) is 4.79 Å². The van der Waals surface area contributed by atoms with Gasteiger partial charge in [0.15, 0.2) is 0 Å². The van der Waals surface area contributed by atoms with Crippen LogP contribution in [0.1, 0.15) is 18.0 Å². The van der Waals surface area contributed by atoms with Crippen LogP contribution in [0, 0.1) is 5.92 Å². The third-order valence-electron chi connectivity index (χ3n) is 3.05. The minimum absolute atomic E-state index is 0.0548. The first kappa shape index (κ1) is 12.4. The van der Waals surface area contributed by atoms with Gasteiger partial charge in [0.2, 0.25) is 0 Å². The Bertz CT molecular complexity index is 436. The number of rotatable bonds is 3. The standard InChI is InChI=1S/C12H14BrNO3/c1-17-11-5-8(13)2-3-9(11)10-4-7(6-14-10)12(15)16/h2-3,5,7,10,14H,4,6H2,1H3,(H,15,16). The number of ether oxygens (including phenoxy) is 1. The number of hydrogen-bond donors (Lipinski definition) is 2. The van der Waals surface area contributed by atoms with Crippen molar-refractivity contribution >= 4 is 21.9 Å². The first-order valence-corrected chi connectivity index (χ1v) is 6.20. The molecule has 2 unspecified atom stereocenters. The molecule has 92 valence electrons. The molecule has 0 spiro atoms. The Balaban J connectivity index is 2.21. The zero-order chi connectivity index (χ0) is 12.4. The van der Waals surface area contributed by atoms with Crippen LogP contribution in [-0.2, 0) is 4.79 Å². The molecule has 1 aromatic rings. The molecule has 0 aliphatic carbocycles. The first-order valence-electron chi connectivity index (χ1n) is 5.41. The molecule has 0 bridgehead atoms. The van der Waals surface area contributed by atoms with E-state index in [0.29, 0.717) is 13.0 Å². The summed E-state index contributed by atoms with van der Waals surface area (Å²) in [5, 5.41) is 12.2. The fraction of sp³-hybridized carbons (Fsp3) is 0.417. The van der Waals surface area contributed by atoms with Crippen LogP contribution >= 0.6 is 15.9 Å². The zero-order valence-corrected chi connectivity index (χ0v) is 11.0. The summed E-state index contributed by atoms with van der Waals surface area (Å²) in [7, 11) is 1.62. The van der Waals surface area contributed by atoms with Gasteiger partial charge in [-0.2, -0.15) is 0 Å². The van der Waals surface area contributed by atoms with Crippen LogP contribution in [0.5, 0.6) is 5.75 Å². The van der Waals surface area contributed by atoms with E-state index in [-0.39, 0.29) is 12.0 Å². The van der Waals surface area contributed by atoms with Gasteiger partial charge >= 0.3 is 5.97 Å². The second kappa shape index (κ2) is 5.06. The number of benzene rings is 1. The number of carboxylic acids is 1.